The lowest BCUT2D eigenvalue weighted by atomic mass is 9.68. The maximum atomic E-state index is 12.2. The minimum atomic E-state index is -0.219. The third kappa shape index (κ3) is 2.65. The van der Waals surface area contributed by atoms with E-state index in [1.807, 2.05) is 0 Å². The zero-order valence-electron chi connectivity index (χ0n) is 11.0. The quantitative estimate of drug-likeness (QED) is 0.789. The van der Waals surface area contributed by atoms with E-state index in [-0.39, 0.29) is 11.3 Å². The Kier molecular flexibility index (Phi) is 4.08. The van der Waals surface area contributed by atoms with E-state index in [1.54, 1.807) is 0 Å². The first-order valence-corrected chi connectivity index (χ1v) is 7.19. The van der Waals surface area contributed by atoms with Gasteiger partial charge >= 0.3 is 0 Å². The van der Waals surface area contributed by atoms with E-state index in [0.717, 1.165) is 19.3 Å². The molecule has 0 saturated heterocycles. The number of carbonyl (C=O) groups is 1. The summed E-state index contributed by atoms with van der Waals surface area (Å²) < 4.78 is 0. The molecule has 98 valence electrons. The molecule has 0 unspecified atom stereocenters. The van der Waals surface area contributed by atoms with Crippen LogP contribution in [0.1, 0.15) is 58.3 Å². The predicted molar refractivity (Wildman–Crippen MR) is 69.5 cm³/mol. The van der Waals surface area contributed by atoms with Crippen LogP contribution >= 0.6 is 0 Å². The molecule has 2 rings (SSSR count). The number of nitrogens with two attached hydrogens (primary N) is 1. The second-order valence-electron chi connectivity index (χ2n) is 6.00. The van der Waals surface area contributed by atoms with Crippen LogP contribution in [0.15, 0.2) is 0 Å². The van der Waals surface area contributed by atoms with Gasteiger partial charge in [-0.25, -0.2) is 0 Å². The molecule has 0 aromatic heterocycles. The summed E-state index contributed by atoms with van der Waals surface area (Å²) in [6.07, 6.45) is 9.68. The van der Waals surface area contributed by atoms with Crippen LogP contribution in [0, 0.1) is 11.3 Å². The van der Waals surface area contributed by atoms with E-state index in [4.69, 9.17) is 5.73 Å². The summed E-state index contributed by atoms with van der Waals surface area (Å²) in [5.74, 6) is 0.895. The molecule has 0 radical (unpaired) electrons. The topological polar surface area (TPSA) is 55.1 Å². The van der Waals surface area contributed by atoms with Gasteiger partial charge in [-0.2, -0.15) is 0 Å². The second kappa shape index (κ2) is 5.38. The minimum absolute atomic E-state index is 0.212. The summed E-state index contributed by atoms with van der Waals surface area (Å²) in [4.78, 5) is 12.2. The molecule has 2 saturated carbocycles. The van der Waals surface area contributed by atoms with Crippen LogP contribution in [0.3, 0.4) is 0 Å². The first-order valence-electron chi connectivity index (χ1n) is 7.19. The molecule has 2 aliphatic carbocycles. The molecular weight excluding hydrogens is 212 g/mol. The SMILES string of the molecule is C[C@@H](NC(=O)C1(CN)CCC1)C1CCCCC1. The van der Waals surface area contributed by atoms with Gasteiger partial charge in [0.25, 0.3) is 0 Å². The van der Waals surface area contributed by atoms with Crippen LogP contribution in [0.5, 0.6) is 0 Å². The van der Waals surface area contributed by atoms with Gasteiger partial charge in [-0.3, -0.25) is 4.79 Å². The van der Waals surface area contributed by atoms with Crippen LogP contribution < -0.4 is 11.1 Å². The minimum Gasteiger partial charge on any atom is -0.353 e. The normalized spacial score (nSPS) is 26.0. The van der Waals surface area contributed by atoms with Gasteiger partial charge < -0.3 is 11.1 Å². The molecule has 0 spiro atoms. The van der Waals surface area contributed by atoms with Gasteiger partial charge in [0.05, 0.1) is 5.41 Å². The molecule has 3 nitrogen and oxygen atoms in total. The van der Waals surface area contributed by atoms with Gasteiger partial charge in [-0.1, -0.05) is 25.7 Å². The van der Waals surface area contributed by atoms with Crippen molar-refractivity contribution in [1.82, 2.24) is 5.32 Å². The Morgan fingerprint density at radius 2 is 1.94 bits per heavy atom. The smallest absolute Gasteiger partial charge is 0.227 e. The van der Waals surface area contributed by atoms with Gasteiger partial charge in [0, 0.05) is 12.6 Å². The fourth-order valence-corrected chi connectivity index (χ4v) is 3.24. The van der Waals surface area contributed by atoms with E-state index >= 15 is 0 Å². The lowest BCUT2D eigenvalue weighted by molar-refractivity contribution is -0.136. The molecule has 17 heavy (non-hydrogen) atoms. The maximum Gasteiger partial charge on any atom is 0.227 e. The summed E-state index contributed by atoms with van der Waals surface area (Å²) >= 11 is 0. The molecule has 0 bridgehead atoms. The number of hydrogen-bond donors (Lipinski definition) is 2. The van der Waals surface area contributed by atoms with Crippen molar-refractivity contribution in [2.75, 3.05) is 6.54 Å². The zero-order valence-corrected chi connectivity index (χ0v) is 11.0. The van der Waals surface area contributed by atoms with Gasteiger partial charge in [0.15, 0.2) is 0 Å². The molecule has 2 fully saturated rings. The largest absolute Gasteiger partial charge is 0.353 e. The van der Waals surface area contributed by atoms with E-state index in [2.05, 4.69) is 12.2 Å². The van der Waals surface area contributed by atoms with Crippen LogP contribution in [-0.4, -0.2) is 18.5 Å². The predicted octanol–water partition coefficient (Wildman–Crippen LogP) is 2.20. The second-order valence-corrected chi connectivity index (χ2v) is 6.00. The molecule has 0 aliphatic heterocycles. The van der Waals surface area contributed by atoms with E-state index in [0.29, 0.717) is 18.5 Å². The van der Waals surface area contributed by atoms with Crippen molar-refractivity contribution in [2.24, 2.45) is 17.1 Å². The Hall–Kier alpha value is -0.570. The number of carbonyl (C=O) groups excluding carboxylic acids is 1. The molecule has 3 N–H and O–H groups in total. The Morgan fingerprint density at radius 1 is 1.29 bits per heavy atom. The van der Waals surface area contributed by atoms with Crippen molar-refractivity contribution in [1.29, 1.82) is 0 Å². The Morgan fingerprint density at radius 3 is 2.41 bits per heavy atom. The lowest BCUT2D eigenvalue weighted by Crippen LogP contribution is -2.53. The van der Waals surface area contributed by atoms with Gasteiger partial charge in [0.2, 0.25) is 5.91 Å². The highest BCUT2D eigenvalue weighted by Crippen LogP contribution is 2.40. The van der Waals surface area contributed by atoms with Crippen molar-refractivity contribution in [3.05, 3.63) is 0 Å². The van der Waals surface area contributed by atoms with Crippen molar-refractivity contribution in [2.45, 2.75) is 64.3 Å². The Labute approximate surface area is 105 Å². The fraction of sp³-hybridized carbons (Fsp3) is 0.929. The molecule has 2 aliphatic rings. The Bertz CT molecular complexity index is 262. The third-order valence-corrected chi connectivity index (χ3v) is 4.90. The molecule has 1 atom stereocenters. The van der Waals surface area contributed by atoms with Crippen molar-refractivity contribution in [3.8, 4) is 0 Å². The summed E-state index contributed by atoms with van der Waals surface area (Å²) in [5, 5.41) is 3.22. The number of nitrogens with one attached hydrogen (secondary N) is 1. The lowest BCUT2D eigenvalue weighted by Gasteiger charge is -2.41. The van der Waals surface area contributed by atoms with Crippen LogP contribution in [0.25, 0.3) is 0 Å². The summed E-state index contributed by atoms with van der Waals surface area (Å²) in [6.45, 7) is 2.67. The van der Waals surface area contributed by atoms with E-state index < -0.39 is 0 Å². The number of rotatable bonds is 4. The highest BCUT2D eigenvalue weighted by atomic mass is 16.2. The van der Waals surface area contributed by atoms with Gasteiger partial charge in [-0.15, -0.1) is 0 Å². The van der Waals surface area contributed by atoms with Gasteiger partial charge in [-0.05, 0) is 38.5 Å². The first-order chi connectivity index (χ1) is 8.18. The van der Waals surface area contributed by atoms with Gasteiger partial charge in [0.1, 0.15) is 0 Å². The average molecular weight is 238 g/mol. The highest BCUT2D eigenvalue weighted by Gasteiger charge is 2.43. The first kappa shape index (κ1) is 12.9. The monoisotopic (exact) mass is 238 g/mol. The molecule has 0 heterocycles. The summed E-state index contributed by atoms with van der Waals surface area (Å²) in [5.41, 5.74) is 5.54. The molecule has 3 heteroatoms. The molecule has 1 amide bonds. The molecular formula is C14H26N2O. The molecule has 0 aromatic rings. The standard InChI is InChI=1S/C14H26N2O/c1-11(12-6-3-2-4-7-12)16-13(17)14(10-15)8-5-9-14/h11-12H,2-10,15H2,1H3,(H,16,17)/t11-/m1/s1. The highest BCUT2D eigenvalue weighted by molar-refractivity contribution is 5.84. The van der Waals surface area contributed by atoms with E-state index in [1.165, 1.54) is 32.1 Å². The van der Waals surface area contributed by atoms with E-state index in [9.17, 15) is 4.79 Å². The summed E-state index contributed by atoms with van der Waals surface area (Å²) in [7, 11) is 0. The van der Waals surface area contributed by atoms with Crippen molar-refractivity contribution >= 4 is 5.91 Å². The van der Waals surface area contributed by atoms with Crippen LogP contribution in [0.2, 0.25) is 0 Å². The molecule has 0 aromatic carbocycles. The number of hydrogen-bond acceptors (Lipinski definition) is 2. The average Bonchev–Trinajstić information content (AvgIpc) is 2.29. The van der Waals surface area contributed by atoms with Crippen LogP contribution in [-0.2, 0) is 4.79 Å². The van der Waals surface area contributed by atoms with Crippen molar-refractivity contribution < 1.29 is 4.79 Å². The summed E-state index contributed by atoms with van der Waals surface area (Å²) in [6, 6.07) is 0.326. The fourth-order valence-electron chi connectivity index (χ4n) is 3.24. The zero-order chi connectivity index (χ0) is 12.3. The third-order valence-electron chi connectivity index (χ3n) is 4.90. The van der Waals surface area contributed by atoms with Crippen molar-refractivity contribution in [3.63, 3.8) is 0 Å². The Balaban J connectivity index is 1.84. The number of amides is 1. The van der Waals surface area contributed by atoms with Crippen LogP contribution in [0.4, 0.5) is 0 Å². The maximum absolute atomic E-state index is 12.2.